The zero-order valence-electron chi connectivity index (χ0n) is 10.9. The standard InChI is InChI=1S/C14H24N2/c1-10(2)7-13(15)9-16-14-8-11(3)5-6-12(14)4/h5-6,8,10,13,16H,7,9,15H2,1-4H3. The van der Waals surface area contributed by atoms with Crippen LogP contribution in [0.4, 0.5) is 5.69 Å². The van der Waals surface area contributed by atoms with E-state index in [2.05, 4.69) is 51.2 Å². The minimum absolute atomic E-state index is 0.236. The van der Waals surface area contributed by atoms with Gasteiger partial charge in [0.2, 0.25) is 0 Å². The summed E-state index contributed by atoms with van der Waals surface area (Å²) in [6, 6.07) is 6.69. The van der Waals surface area contributed by atoms with Crippen molar-refractivity contribution >= 4 is 5.69 Å². The maximum Gasteiger partial charge on any atom is 0.0373 e. The summed E-state index contributed by atoms with van der Waals surface area (Å²) < 4.78 is 0. The summed E-state index contributed by atoms with van der Waals surface area (Å²) >= 11 is 0. The highest BCUT2D eigenvalue weighted by Crippen LogP contribution is 2.16. The van der Waals surface area contributed by atoms with Crippen molar-refractivity contribution in [1.29, 1.82) is 0 Å². The Hall–Kier alpha value is -1.02. The zero-order chi connectivity index (χ0) is 12.1. The van der Waals surface area contributed by atoms with Crippen LogP contribution in [0.1, 0.15) is 31.4 Å². The lowest BCUT2D eigenvalue weighted by Crippen LogP contribution is -2.30. The fraction of sp³-hybridized carbons (Fsp3) is 0.571. The summed E-state index contributed by atoms with van der Waals surface area (Å²) in [4.78, 5) is 0. The van der Waals surface area contributed by atoms with Crippen LogP contribution < -0.4 is 11.1 Å². The average molecular weight is 220 g/mol. The van der Waals surface area contributed by atoms with Gasteiger partial charge in [0.25, 0.3) is 0 Å². The van der Waals surface area contributed by atoms with Gasteiger partial charge in [-0.15, -0.1) is 0 Å². The van der Waals surface area contributed by atoms with Gasteiger partial charge in [0.05, 0.1) is 0 Å². The van der Waals surface area contributed by atoms with Crippen molar-refractivity contribution in [3.8, 4) is 0 Å². The van der Waals surface area contributed by atoms with E-state index in [1.807, 2.05) is 0 Å². The van der Waals surface area contributed by atoms with Gasteiger partial charge < -0.3 is 11.1 Å². The van der Waals surface area contributed by atoms with Crippen molar-refractivity contribution in [3.63, 3.8) is 0 Å². The number of nitrogens with one attached hydrogen (secondary N) is 1. The Kier molecular flexibility index (Phi) is 4.81. The van der Waals surface area contributed by atoms with Crippen molar-refractivity contribution in [3.05, 3.63) is 29.3 Å². The smallest absolute Gasteiger partial charge is 0.0373 e. The van der Waals surface area contributed by atoms with E-state index in [9.17, 15) is 0 Å². The van der Waals surface area contributed by atoms with Crippen LogP contribution in [0.2, 0.25) is 0 Å². The summed E-state index contributed by atoms with van der Waals surface area (Å²) in [6.07, 6.45) is 1.07. The predicted octanol–water partition coefficient (Wildman–Crippen LogP) is 3.09. The highest BCUT2D eigenvalue weighted by Gasteiger charge is 2.06. The van der Waals surface area contributed by atoms with Crippen LogP contribution in [-0.4, -0.2) is 12.6 Å². The van der Waals surface area contributed by atoms with Crippen LogP contribution in [0, 0.1) is 19.8 Å². The van der Waals surface area contributed by atoms with Gasteiger partial charge in [-0.3, -0.25) is 0 Å². The number of nitrogens with two attached hydrogens (primary N) is 1. The van der Waals surface area contributed by atoms with Gasteiger partial charge >= 0.3 is 0 Å². The second kappa shape index (κ2) is 5.90. The van der Waals surface area contributed by atoms with Crippen molar-refractivity contribution in [2.75, 3.05) is 11.9 Å². The molecule has 0 aromatic heterocycles. The molecule has 0 aliphatic rings. The normalized spacial score (nSPS) is 12.9. The van der Waals surface area contributed by atoms with Crippen molar-refractivity contribution < 1.29 is 0 Å². The number of hydrogen-bond donors (Lipinski definition) is 2. The third-order valence-electron chi connectivity index (χ3n) is 2.72. The molecular weight excluding hydrogens is 196 g/mol. The highest BCUT2D eigenvalue weighted by atomic mass is 14.9. The molecule has 1 atom stereocenters. The van der Waals surface area contributed by atoms with E-state index in [-0.39, 0.29) is 6.04 Å². The Balaban J connectivity index is 2.51. The molecule has 0 spiro atoms. The monoisotopic (exact) mass is 220 g/mol. The Labute approximate surface area is 99.2 Å². The second-order valence-electron chi connectivity index (χ2n) is 5.09. The number of rotatable bonds is 5. The molecular formula is C14H24N2. The molecule has 90 valence electrons. The van der Waals surface area contributed by atoms with Crippen LogP contribution in [0.5, 0.6) is 0 Å². The first-order chi connectivity index (χ1) is 7.49. The molecule has 0 saturated carbocycles. The SMILES string of the molecule is Cc1ccc(C)c(NCC(N)CC(C)C)c1. The van der Waals surface area contributed by atoms with Gasteiger partial charge in [-0.25, -0.2) is 0 Å². The lowest BCUT2D eigenvalue weighted by molar-refractivity contribution is 0.508. The molecule has 16 heavy (non-hydrogen) atoms. The third-order valence-corrected chi connectivity index (χ3v) is 2.72. The summed E-state index contributed by atoms with van der Waals surface area (Å²) in [7, 11) is 0. The molecule has 1 aromatic rings. The van der Waals surface area contributed by atoms with Gasteiger partial charge in [-0.05, 0) is 43.4 Å². The first-order valence-electron chi connectivity index (χ1n) is 6.05. The topological polar surface area (TPSA) is 38.0 Å². The Morgan fingerprint density at radius 3 is 2.56 bits per heavy atom. The number of benzene rings is 1. The molecule has 0 fully saturated rings. The quantitative estimate of drug-likeness (QED) is 0.800. The molecule has 0 aliphatic carbocycles. The fourth-order valence-corrected chi connectivity index (χ4v) is 1.86. The van der Waals surface area contributed by atoms with Crippen molar-refractivity contribution in [2.45, 2.75) is 40.2 Å². The first kappa shape index (κ1) is 13.0. The summed E-state index contributed by atoms with van der Waals surface area (Å²) in [5, 5.41) is 3.43. The maximum absolute atomic E-state index is 6.05. The van der Waals surface area contributed by atoms with Crippen LogP contribution in [0.3, 0.4) is 0 Å². The Morgan fingerprint density at radius 1 is 1.25 bits per heavy atom. The van der Waals surface area contributed by atoms with E-state index in [4.69, 9.17) is 5.73 Å². The number of anilines is 1. The molecule has 0 saturated heterocycles. The van der Waals surface area contributed by atoms with Gasteiger partial charge in [0.1, 0.15) is 0 Å². The van der Waals surface area contributed by atoms with E-state index in [1.54, 1.807) is 0 Å². The summed E-state index contributed by atoms with van der Waals surface area (Å²) in [5.74, 6) is 0.662. The van der Waals surface area contributed by atoms with Gasteiger partial charge in [0.15, 0.2) is 0 Å². The Morgan fingerprint density at radius 2 is 1.94 bits per heavy atom. The molecule has 0 heterocycles. The third kappa shape index (κ3) is 4.23. The predicted molar refractivity (Wildman–Crippen MR) is 71.8 cm³/mol. The maximum atomic E-state index is 6.05. The Bertz CT molecular complexity index is 332. The number of hydrogen-bond acceptors (Lipinski definition) is 2. The largest absolute Gasteiger partial charge is 0.383 e. The minimum atomic E-state index is 0.236. The van der Waals surface area contributed by atoms with Crippen LogP contribution in [-0.2, 0) is 0 Å². The zero-order valence-corrected chi connectivity index (χ0v) is 10.9. The minimum Gasteiger partial charge on any atom is -0.383 e. The van der Waals surface area contributed by atoms with Gasteiger partial charge in [-0.2, -0.15) is 0 Å². The van der Waals surface area contributed by atoms with Crippen LogP contribution in [0.15, 0.2) is 18.2 Å². The van der Waals surface area contributed by atoms with Crippen molar-refractivity contribution in [2.24, 2.45) is 11.7 Å². The van der Waals surface area contributed by atoms with E-state index < -0.39 is 0 Å². The van der Waals surface area contributed by atoms with Gasteiger partial charge in [0, 0.05) is 18.3 Å². The van der Waals surface area contributed by atoms with Crippen molar-refractivity contribution in [1.82, 2.24) is 0 Å². The molecule has 1 aromatic carbocycles. The highest BCUT2D eigenvalue weighted by molar-refractivity contribution is 5.52. The van der Waals surface area contributed by atoms with E-state index in [0.29, 0.717) is 5.92 Å². The lowest BCUT2D eigenvalue weighted by atomic mass is 10.0. The second-order valence-corrected chi connectivity index (χ2v) is 5.09. The molecule has 0 amide bonds. The van der Waals surface area contributed by atoms with Crippen LogP contribution >= 0.6 is 0 Å². The molecule has 2 nitrogen and oxygen atoms in total. The summed E-state index contributed by atoms with van der Waals surface area (Å²) in [6.45, 7) is 9.49. The van der Waals surface area contributed by atoms with Gasteiger partial charge in [-0.1, -0.05) is 26.0 Å². The molecule has 1 unspecified atom stereocenters. The molecule has 3 N–H and O–H groups in total. The molecule has 1 rings (SSSR count). The van der Waals surface area contributed by atoms with E-state index in [1.165, 1.54) is 16.8 Å². The molecule has 2 heteroatoms. The molecule has 0 aliphatic heterocycles. The first-order valence-corrected chi connectivity index (χ1v) is 6.05. The van der Waals surface area contributed by atoms with E-state index in [0.717, 1.165) is 13.0 Å². The summed E-state index contributed by atoms with van der Waals surface area (Å²) in [5.41, 5.74) is 9.82. The molecule has 0 bridgehead atoms. The van der Waals surface area contributed by atoms with Crippen LogP contribution in [0.25, 0.3) is 0 Å². The lowest BCUT2D eigenvalue weighted by Gasteiger charge is -2.17. The number of aryl methyl sites for hydroxylation is 2. The van der Waals surface area contributed by atoms with E-state index >= 15 is 0 Å². The molecule has 0 radical (unpaired) electrons. The fourth-order valence-electron chi connectivity index (χ4n) is 1.86. The average Bonchev–Trinajstić information content (AvgIpc) is 2.18.